The van der Waals surface area contributed by atoms with Gasteiger partial charge in [0.2, 0.25) is 0 Å². The maximum absolute atomic E-state index is 11.4. The fourth-order valence-corrected chi connectivity index (χ4v) is 1.67. The van der Waals surface area contributed by atoms with Gasteiger partial charge in [-0.05, 0) is 11.4 Å². The SMILES string of the molecule is Nc1ccsc1C(=O)OC1COC1. The molecule has 1 aliphatic rings. The van der Waals surface area contributed by atoms with E-state index < -0.39 is 0 Å². The molecule has 0 saturated carbocycles. The molecule has 4 nitrogen and oxygen atoms in total. The van der Waals surface area contributed by atoms with E-state index in [1.807, 2.05) is 0 Å². The molecule has 0 bridgehead atoms. The second-order valence-corrected chi connectivity index (χ2v) is 3.69. The van der Waals surface area contributed by atoms with Crippen LogP contribution in [0.4, 0.5) is 5.69 Å². The molecule has 5 heteroatoms. The van der Waals surface area contributed by atoms with Crippen molar-refractivity contribution in [3.05, 3.63) is 16.3 Å². The number of ether oxygens (including phenoxy) is 2. The molecule has 1 aromatic rings. The number of rotatable bonds is 2. The van der Waals surface area contributed by atoms with Gasteiger partial charge < -0.3 is 15.2 Å². The largest absolute Gasteiger partial charge is 0.453 e. The van der Waals surface area contributed by atoms with Crippen molar-refractivity contribution >= 4 is 23.0 Å². The Morgan fingerprint density at radius 3 is 2.92 bits per heavy atom. The van der Waals surface area contributed by atoms with Crippen molar-refractivity contribution < 1.29 is 14.3 Å². The second-order valence-electron chi connectivity index (χ2n) is 2.77. The van der Waals surface area contributed by atoms with Gasteiger partial charge in [-0.1, -0.05) is 0 Å². The maximum Gasteiger partial charge on any atom is 0.350 e. The predicted octanol–water partition coefficient (Wildman–Crippen LogP) is 0.886. The van der Waals surface area contributed by atoms with Gasteiger partial charge in [-0.15, -0.1) is 11.3 Å². The Balaban J connectivity index is 2.00. The minimum absolute atomic E-state index is 0.0889. The molecule has 0 spiro atoms. The monoisotopic (exact) mass is 199 g/mol. The zero-order valence-electron chi connectivity index (χ0n) is 6.86. The van der Waals surface area contributed by atoms with Crippen molar-refractivity contribution in [3.63, 3.8) is 0 Å². The lowest BCUT2D eigenvalue weighted by atomic mass is 10.3. The molecule has 2 rings (SSSR count). The van der Waals surface area contributed by atoms with E-state index in [9.17, 15) is 4.79 Å². The van der Waals surface area contributed by atoms with Gasteiger partial charge in [0.15, 0.2) is 0 Å². The smallest absolute Gasteiger partial charge is 0.350 e. The average molecular weight is 199 g/mol. The predicted molar refractivity (Wildman–Crippen MR) is 48.8 cm³/mol. The van der Waals surface area contributed by atoms with E-state index >= 15 is 0 Å². The number of hydrogen-bond donors (Lipinski definition) is 1. The lowest BCUT2D eigenvalue weighted by Gasteiger charge is -2.25. The van der Waals surface area contributed by atoms with Gasteiger partial charge in [-0.2, -0.15) is 0 Å². The van der Waals surface area contributed by atoms with Crippen LogP contribution in [0, 0.1) is 0 Å². The molecule has 0 aromatic carbocycles. The van der Waals surface area contributed by atoms with Crippen LogP contribution >= 0.6 is 11.3 Å². The standard InChI is InChI=1S/C8H9NO3S/c9-6-1-2-13-7(6)8(10)12-5-3-11-4-5/h1-2,5H,3-4,9H2. The summed E-state index contributed by atoms with van der Waals surface area (Å²) < 4.78 is 9.96. The quantitative estimate of drug-likeness (QED) is 0.718. The summed E-state index contributed by atoms with van der Waals surface area (Å²) in [5.41, 5.74) is 6.04. The highest BCUT2D eigenvalue weighted by atomic mass is 32.1. The van der Waals surface area contributed by atoms with E-state index in [4.69, 9.17) is 15.2 Å². The maximum atomic E-state index is 11.4. The molecular formula is C8H9NO3S. The van der Waals surface area contributed by atoms with Crippen LogP contribution in [0.1, 0.15) is 9.67 Å². The summed E-state index contributed by atoms with van der Waals surface area (Å²) in [5.74, 6) is -0.346. The normalized spacial score (nSPS) is 16.6. The molecule has 1 aliphatic heterocycles. The van der Waals surface area contributed by atoms with E-state index in [1.54, 1.807) is 11.4 Å². The molecule has 1 aromatic heterocycles. The Hall–Kier alpha value is -1.07. The number of nitrogen functional groups attached to an aromatic ring is 1. The topological polar surface area (TPSA) is 61.6 Å². The van der Waals surface area contributed by atoms with Crippen molar-refractivity contribution in [1.29, 1.82) is 0 Å². The summed E-state index contributed by atoms with van der Waals surface area (Å²) in [5, 5.41) is 1.77. The highest BCUT2D eigenvalue weighted by Gasteiger charge is 2.24. The zero-order chi connectivity index (χ0) is 9.26. The Morgan fingerprint density at radius 2 is 2.46 bits per heavy atom. The number of thiophene rings is 1. The first-order valence-electron chi connectivity index (χ1n) is 3.89. The lowest BCUT2D eigenvalue weighted by Crippen LogP contribution is -2.37. The fourth-order valence-electron chi connectivity index (χ4n) is 0.972. The summed E-state index contributed by atoms with van der Waals surface area (Å²) >= 11 is 1.29. The van der Waals surface area contributed by atoms with E-state index in [2.05, 4.69) is 0 Å². The van der Waals surface area contributed by atoms with Crippen molar-refractivity contribution in [2.45, 2.75) is 6.10 Å². The Kier molecular flexibility index (Phi) is 2.20. The first kappa shape index (κ1) is 8.52. The summed E-state index contributed by atoms with van der Waals surface area (Å²) in [7, 11) is 0. The third-order valence-corrected chi connectivity index (χ3v) is 2.67. The summed E-state index contributed by atoms with van der Waals surface area (Å²) in [4.78, 5) is 11.9. The minimum atomic E-state index is -0.346. The molecule has 0 atom stereocenters. The molecule has 0 amide bonds. The van der Waals surface area contributed by atoms with Crippen molar-refractivity contribution in [1.82, 2.24) is 0 Å². The Labute approximate surface area is 79.3 Å². The molecule has 70 valence electrons. The van der Waals surface area contributed by atoms with Gasteiger partial charge >= 0.3 is 5.97 Å². The lowest BCUT2D eigenvalue weighted by molar-refractivity contribution is -0.103. The van der Waals surface area contributed by atoms with E-state index in [0.717, 1.165) is 0 Å². The third-order valence-electron chi connectivity index (χ3n) is 1.76. The van der Waals surface area contributed by atoms with Crippen LogP contribution in [-0.2, 0) is 9.47 Å². The summed E-state index contributed by atoms with van der Waals surface area (Å²) in [6.45, 7) is 0.994. The van der Waals surface area contributed by atoms with Gasteiger partial charge in [0.05, 0.1) is 18.9 Å². The molecule has 1 saturated heterocycles. The fraction of sp³-hybridized carbons (Fsp3) is 0.375. The van der Waals surface area contributed by atoms with Gasteiger partial charge in [0, 0.05) is 0 Å². The van der Waals surface area contributed by atoms with Gasteiger partial charge in [0.25, 0.3) is 0 Å². The molecule has 2 N–H and O–H groups in total. The van der Waals surface area contributed by atoms with E-state index in [-0.39, 0.29) is 12.1 Å². The second kappa shape index (κ2) is 3.35. The Morgan fingerprint density at radius 1 is 1.69 bits per heavy atom. The van der Waals surface area contributed by atoms with Crippen LogP contribution in [0.2, 0.25) is 0 Å². The van der Waals surface area contributed by atoms with Crippen molar-refractivity contribution in [2.24, 2.45) is 0 Å². The molecule has 0 unspecified atom stereocenters. The number of hydrogen-bond acceptors (Lipinski definition) is 5. The number of carbonyl (C=O) groups is 1. The summed E-state index contributed by atoms with van der Waals surface area (Å²) in [6, 6.07) is 1.69. The highest BCUT2D eigenvalue weighted by molar-refractivity contribution is 7.12. The van der Waals surface area contributed by atoms with Crippen LogP contribution in [0.15, 0.2) is 11.4 Å². The third kappa shape index (κ3) is 1.66. The molecule has 1 fully saturated rings. The van der Waals surface area contributed by atoms with E-state index in [0.29, 0.717) is 23.8 Å². The minimum Gasteiger partial charge on any atom is -0.453 e. The molecule has 0 radical (unpaired) electrons. The van der Waals surface area contributed by atoms with Crippen molar-refractivity contribution in [2.75, 3.05) is 18.9 Å². The van der Waals surface area contributed by atoms with Crippen LogP contribution in [0.25, 0.3) is 0 Å². The van der Waals surface area contributed by atoms with Crippen LogP contribution in [-0.4, -0.2) is 25.3 Å². The first-order valence-corrected chi connectivity index (χ1v) is 4.77. The highest BCUT2D eigenvalue weighted by Crippen LogP contribution is 2.21. The number of anilines is 1. The number of esters is 1. The van der Waals surface area contributed by atoms with Crippen molar-refractivity contribution in [3.8, 4) is 0 Å². The number of nitrogens with two attached hydrogens (primary N) is 1. The Bertz CT molecular complexity index is 319. The van der Waals surface area contributed by atoms with Gasteiger partial charge in [-0.25, -0.2) is 4.79 Å². The molecule has 0 aliphatic carbocycles. The van der Waals surface area contributed by atoms with Crippen LogP contribution < -0.4 is 5.73 Å². The van der Waals surface area contributed by atoms with Gasteiger partial charge in [0.1, 0.15) is 11.0 Å². The molecule has 13 heavy (non-hydrogen) atoms. The van der Waals surface area contributed by atoms with Gasteiger partial charge in [-0.3, -0.25) is 0 Å². The zero-order valence-corrected chi connectivity index (χ0v) is 7.67. The van der Waals surface area contributed by atoms with Crippen LogP contribution in [0.5, 0.6) is 0 Å². The van der Waals surface area contributed by atoms with E-state index in [1.165, 1.54) is 11.3 Å². The number of carbonyl (C=O) groups excluding carboxylic acids is 1. The first-order chi connectivity index (χ1) is 6.27. The summed E-state index contributed by atoms with van der Waals surface area (Å²) in [6.07, 6.45) is -0.0889. The average Bonchev–Trinajstić information content (AvgIpc) is 2.43. The molecule has 2 heterocycles. The van der Waals surface area contributed by atoms with Crippen LogP contribution in [0.3, 0.4) is 0 Å². The molecular weight excluding hydrogens is 190 g/mol.